The minimum absolute atomic E-state index is 0.348. The lowest BCUT2D eigenvalue weighted by Crippen LogP contribution is -2.22. The molecule has 2 aromatic carbocycles. The Morgan fingerprint density at radius 1 is 0.925 bits per heavy atom. The number of pyridine rings is 1. The highest BCUT2D eigenvalue weighted by molar-refractivity contribution is 5.69. The molecule has 0 amide bonds. The first-order valence-electron chi connectivity index (χ1n) is 14.3. The molecule has 2 atom stereocenters. The fourth-order valence-electron chi connectivity index (χ4n) is 5.48. The van der Waals surface area contributed by atoms with Gasteiger partial charge in [-0.2, -0.15) is 10.4 Å². The van der Waals surface area contributed by atoms with Gasteiger partial charge in [0.15, 0.2) is 5.69 Å². The van der Waals surface area contributed by atoms with Gasteiger partial charge in [0.1, 0.15) is 0 Å². The minimum atomic E-state index is -0.451. The zero-order valence-corrected chi connectivity index (χ0v) is 24.6. The van der Waals surface area contributed by atoms with E-state index >= 15 is 0 Å². The van der Waals surface area contributed by atoms with Gasteiger partial charge >= 0.3 is 0 Å². The fourth-order valence-corrected chi connectivity index (χ4v) is 5.48. The largest absolute Gasteiger partial charge is 0.252 e. The topological polar surface area (TPSA) is 58.9 Å². The van der Waals surface area contributed by atoms with Crippen molar-refractivity contribution in [3.05, 3.63) is 106 Å². The van der Waals surface area contributed by atoms with Crippen molar-refractivity contribution in [3.63, 3.8) is 0 Å². The smallest absolute Gasteiger partial charge is 0.191 e. The van der Waals surface area contributed by atoms with Gasteiger partial charge < -0.3 is 0 Å². The summed E-state index contributed by atoms with van der Waals surface area (Å²) in [6.45, 7) is 20.7. The molecule has 0 aliphatic carbocycles. The maximum absolute atomic E-state index is 9.80. The highest BCUT2D eigenvalue weighted by Gasteiger charge is 2.28. The van der Waals surface area contributed by atoms with Gasteiger partial charge in [0.2, 0.25) is 0 Å². The summed E-state index contributed by atoms with van der Waals surface area (Å²) in [7, 11) is 0. The van der Waals surface area contributed by atoms with Crippen molar-refractivity contribution in [2.75, 3.05) is 0 Å². The number of nitrogens with zero attached hydrogens (tertiary/aromatic N) is 5. The number of rotatable bonds is 10. The van der Waals surface area contributed by atoms with E-state index in [2.05, 4.69) is 70.7 Å². The molecule has 2 aromatic heterocycles. The molecule has 0 radical (unpaired) electrons. The van der Waals surface area contributed by atoms with Crippen LogP contribution in [0.3, 0.4) is 0 Å². The van der Waals surface area contributed by atoms with Crippen molar-refractivity contribution in [2.45, 2.75) is 84.5 Å². The van der Waals surface area contributed by atoms with Crippen LogP contribution in [0.1, 0.15) is 107 Å². The van der Waals surface area contributed by atoms with Crippen molar-refractivity contribution in [1.82, 2.24) is 14.8 Å². The summed E-state index contributed by atoms with van der Waals surface area (Å²) >= 11 is 0. The molecule has 2 unspecified atom stereocenters. The SMILES string of the molecule is [C-]#[N+]c1cc(-c2cccc(C(C)(C)c3ccn(-c4ccc(C(C)CCC)c(C#N)c4)n3)n2)ccc1C(C)CCC. The zero-order chi connectivity index (χ0) is 28.9. The number of hydrogen-bond donors (Lipinski definition) is 0. The van der Waals surface area contributed by atoms with Crippen LogP contribution in [0.25, 0.3) is 21.8 Å². The van der Waals surface area contributed by atoms with Gasteiger partial charge in [0.05, 0.1) is 46.4 Å². The molecule has 0 aliphatic heterocycles. The summed E-state index contributed by atoms with van der Waals surface area (Å²) in [4.78, 5) is 8.88. The van der Waals surface area contributed by atoms with Crippen molar-refractivity contribution in [1.29, 1.82) is 5.26 Å². The molecule has 40 heavy (non-hydrogen) atoms. The van der Waals surface area contributed by atoms with Crippen molar-refractivity contribution in [2.24, 2.45) is 0 Å². The van der Waals surface area contributed by atoms with Crippen LogP contribution in [0.5, 0.6) is 0 Å². The van der Waals surface area contributed by atoms with Gasteiger partial charge in [-0.15, -0.1) is 0 Å². The van der Waals surface area contributed by atoms with Crippen LogP contribution < -0.4 is 0 Å². The first kappa shape index (κ1) is 28.8. The van der Waals surface area contributed by atoms with Crippen LogP contribution in [-0.4, -0.2) is 14.8 Å². The maximum atomic E-state index is 9.80. The predicted molar refractivity (Wildman–Crippen MR) is 163 cm³/mol. The van der Waals surface area contributed by atoms with Crippen molar-refractivity contribution < 1.29 is 0 Å². The number of hydrogen-bond acceptors (Lipinski definition) is 3. The van der Waals surface area contributed by atoms with Gasteiger partial charge in [-0.3, -0.25) is 4.98 Å². The van der Waals surface area contributed by atoms with Crippen LogP contribution in [0.2, 0.25) is 0 Å². The molecule has 2 heterocycles. The van der Waals surface area contributed by atoms with E-state index < -0.39 is 5.41 Å². The average molecular weight is 530 g/mol. The summed E-state index contributed by atoms with van der Waals surface area (Å²) in [5, 5.41) is 14.7. The maximum Gasteiger partial charge on any atom is 0.191 e. The second-order valence-electron chi connectivity index (χ2n) is 11.3. The third kappa shape index (κ3) is 5.85. The molecule has 5 heteroatoms. The Morgan fingerprint density at radius 3 is 2.30 bits per heavy atom. The van der Waals surface area contributed by atoms with Crippen LogP contribution in [0.15, 0.2) is 66.9 Å². The van der Waals surface area contributed by atoms with Crippen molar-refractivity contribution in [3.8, 4) is 23.0 Å². The number of aromatic nitrogens is 3. The molecule has 0 aliphatic rings. The monoisotopic (exact) mass is 529 g/mol. The Kier molecular flexibility index (Phi) is 8.86. The van der Waals surface area contributed by atoms with Crippen LogP contribution in [0.4, 0.5) is 5.69 Å². The highest BCUT2D eigenvalue weighted by Crippen LogP contribution is 2.35. The Bertz CT molecular complexity index is 1560. The van der Waals surface area contributed by atoms with E-state index in [9.17, 15) is 5.26 Å². The number of benzene rings is 2. The Balaban J connectivity index is 1.64. The van der Waals surface area contributed by atoms with Crippen LogP contribution in [0, 0.1) is 17.9 Å². The van der Waals surface area contributed by atoms with E-state index in [4.69, 9.17) is 16.7 Å². The van der Waals surface area contributed by atoms with Gasteiger partial charge in [0.25, 0.3) is 0 Å². The second kappa shape index (κ2) is 12.3. The lowest BCUT2D eigenvalue weighted by Gasteiger charge is -2.23. The summed E-state index contributed by atoms with van der Waals surface area (Å²) in [5.41, 5.74) is 7.63. The number of nitriles is 1. The third-order valence-corrected chi connectivity index (χ3v) is 7.99. The molecule has 4 aromatic rings. The zero-order valence-electron chi connectivity index (χ0n) is 24.6. The standard InChI is InChI=1S/C35H39N5/c1-8-11-24(3)29-18-16-28(21-27(29)23-36)40-20-19-34(39-40)35(5,6)33-14-10-13-31(38-33)26-15-17-30(25(4)12-9-2)32(22-26)37-7/h10,13-22,24-25H,8-9,11-12H2,1-6H3. The predicted octanol–water partition coefficient (Wildman–Crippen LogP) is 9.49. The summed E-state index contributed by atoms with van der Waals surface area (Å²) < 4.78 is 1.84. The van der Waals surface area contributed by atoms with E-state index in [0.29, 0.717) is 23.1 Å². The molecule has 5 nitrogen and oxygen atoms in total. The van der Waals surface area contributed by atoms with Gasteiger partial charge in [0, 0.05) is 6.20 Å². The van der Waals surface area contributed by atoms with E-state index in [-0.39, 0.29) is 0 Å². The third-order valence-electron chi connectivity index (χ3n) is 7.99. The minimum Gasteiger partial charge on any atom is -0.252 e. The van der Waals surface area contributed by atoms with E-state index in [1.165, 1.54) is 0 Å². The highest BCUT2D eigenvalue weighted by atomic mass is 15.3. The first-order chi connectivity index (χ1) is 19.2. The Morgan fingerprint density at radius 2 is 1.62 bits per heavy atom. The first-order valence-corrected chi connectivity index (χ1v) is 14.3. The summed E-state index contributed by atoms with van der Waals surface area (Å²) in [6.07, 6.45) is 6.26. The lowest BCUT2D eigenvalue weighted by atomic mass is 9.85. The average Bonchev–Trinajstić information content (AvgIpc) is 3.48. The van der Waals surface area contributed by atoms with E-state index in [0.717, 1.165) is 65.1 Å². The molecule has 204 valence electrons. The normalized spacial score (nSPS) is 12.9. The fraction of sp³-hybridized carbons (Fsp3) is 0.371. The Hall–Kier alpha value is -4.22. The molecule has 0 saturated carbocycles. The molecule has 4 rings (SSSR count). The molecule has 0 spiro atoms. The van der Waals surface area contributed by atoms with Gasteiger partial charge in [-0.05, 0) is 91.6 Å². The van der Waals surface area contributed by atoms with Gasteiger partial charge in [-0.1, -0.05) is 64.8 Å². The molecular weight excluding hydrogens is 490 g/mol. The Labute approximate surface area is 239 Å². The van der Waals surface area contributed by atoms with Crippen LogP contribution in [-0.2, 0) is 5.41 Å². The van der Waals surface area contributed by atoms with Crippen LogP contribution >= 0.6 is 0 Å². The second-order valence-corrected chi connectivity index (χ2v) is 11.3. The molecule has 0 fully saturated rings. The molecule has 0 bridgehead atoms. The van der Waals surface area contributed by atoms with Crippen molar-refractivity contribution >= 4 is 5.69 Å². The molecule has 0 saturated heterocycles. The lowest BCUT2D eigenvalue weighted by molar-refractivity contribution is 0.586. The summed E-state index contributed by atoms with van der Waals surface area (Å²) in [6, 6.07) is 22.7. The molecule has 0 N–H and O–H groups in total. The van der Waals surface area contributed by atoms with E-state index in [1.54, 1.807) is 0 Å². The molecular formula is C35H39N5. The van der Waals surface area contributed by atoms with E-state index in [1.807, 2.05) is 53.3 Å². The summed E-state index contributed by atoms with van der Waals surface area (Å²) in [5.74, 6) is 0.706. The quantitative estimate of drug-likeness (QED) is 0.192. The van der Waals surface area contributed by atoms with Gasteiger partial charge in [-0.25, -0.2) is 9.53 Å².